The van der Waals surface area contributed by atoms with E-state index in [1.54, 1.807) is 24.3 Å². The van der Waals surface area contributed by atoms with Gasteiger partial charge in [0.25, 0.3) is 26.1 Å². The Bertz CT molecular complexity index is 3160. The third-order valence-corrected chi connectivity index (χ3v) is 13.6. The summed E-state index contributed by atoms with van der Waals surface area (Å²) in [6.45, 7) is 15.2. The molecule has 0 heterocycles. The van der Waals surface area contributed by atoms with Crippen molar-refractivity contribution in [3.8, 4) is 28.7 Å². The summed E-state index contributed by atoms with van der Waals surface area (Å²) in [5.74, 6) is -0.907. The molecular formula is C49H56N4Na2O12S2. The third-order valence-electron chi connectivity index (χ3n) is 11.9. The van der Waals surface area contributed by atoms with Gasteiger partial charge in [0.15, 0.2) is 5.75 Å². The summed E-state index contributed by atoms with van der Waals surface area (Å²) in [7, 11) is -9.99. The van der Waals surface area contributed by atoms with E-state index in [0.29, 0.717) is 36.8 Å². The molecular weight excluding hydrogens is 947 g/mol. The number of ether oxygens (including phenoxy) is 2. The average Bonchev–Trinajstić information content (AvgIpc) is 3.27. The van der Waals surface area contributed by atoms with Crippen molar-refractivity contribution in [2.24, 2.45) is 10.2 Å². The minimum Gasteiger partial charge on any atom is -1.00 e. The number of hydrogen-bond acceptors (Lipinski definition) is 12. The van der Waals surface area contributed by atoms with Crippen LogP contribution >= 0.6 is 0 Å². The number of nitrogens with one attached hydrogen (secondary N) is 2. The summed E-state index contributed by atoms with van der Waals surface area (Å²) in [6, 6.07) is 23.2. The number of hydrogen-bond donors (Lipinski definition) is 6. The van der Waals surface area contributed by atoms with Gasteiger partial charge in [-0.3, -0.25) is 18.7 Å². The Morgan fingerprint density at radius 3 is 2.00 bits per heavy atom. The van der Waals surface area contributed by atoms with E-state index < -0.39 is 53.3 Å². The molecule has 0 spiro atoms. The van der Waals surface area contributed by atoms with Gasteiger partial charge in [0.05, 0.1) is 28.4 Å². The molecule has 0 bridgehead atoms. The largest absolute Gasteiger partial charge is 1.00 e. The van der Waals surface area contributed by atoms with Gasteiger partial charge >= 0.3 is 59.1 Å². The first-order valence-electron chi connectivity index (χ1n) is 21.5. The van der Waals surface area contributed by atoms with Crippen molar-refractivity contribution in [3.05, 3.63) is 108 Å². The SMILES string of the molecule is CCC(C)(C)c1ccc(OCCCCNC(=O)c2cc(Oc3ccc(N=Nc4c(S(=O)(=O)O)cc5cc(S(=O)(=O)O)cc(NC(C)=O)c5c4O)cc3)c3ccccc3c2O)c(C(C)(C)CC)c1.[H-].[H-].[Na+].[Na+]. The monoisotopic (exact) mass is 1000 g/mol. The van der Waals surface area contributed by atoms with Crippen LogP contribution in [0, 0.1) is 0 Å². The van der Waals surface area contributed by atoms with E-state index in [0.717, 1.165) is 43.7 Å². The number of rotatable bonds is 18. The molecule has 0 unspecified atom stereocenters. The first kappa shape index (κ1) is 57.0. The van der Waals surface area contributed by atoms with Gasteiger partial charge in [0.1, 0.15) is 33.6 Å². The van der Waals surface area contributed by atoms with Gasteiger partial charge in [-0.2, -0.15) is 21.9 Å². The normalized spacial score (nSPS) is 12.1. The van der Waals surface area contributed by atoms with Gasteiger partial charge in [-0.1, -0.05) is 77.9 Å². The second kappa shape index (κ2) is 23.1. The Morgan fingerprint density at radius 1 is 0.739 bits per heavy atom. The number of aromatic hydroxyl groups is 2. The molecule has 6 N–H and O–H groups in total. The zero-order valence-corrected chi connectivity index (χ0v) is 45.8. The molecule has 0 aliphatic heterocycles. The van der Waals surface area contributed by atoms with Crippen LogP contribution in [-0.4, -0.2) is 61.1 Å². The number of carbonyl (C=O) groups excluding carboxylic acids is 2. The third kappa shape index (κ3) is 13.4. The van der Waals surface area contributed by atoms with Crippen LogP contribution in [0.15, 0.2) is 111 Å². The van der Waals surface area contributed by atoms with E-state index in [-0.39, 0.29) is 118 Å². The number of amides is 2. The molecule has 0 aliphatic rings. The summed E-state index contributed by atoms with van der Waals surface area (Å²) in [6.07, 6.45) is 3.26. The van der Waals surface area contributed by atoms with E-state index in [1.165, 1.54) is 41.5 Å². The van der Waals surface area contributed by atoms with Crippen molar-refractivity contribution in [1.82, 2.24) is 5.32 Å². The van der Waals surface area contributed by atoms with Crippen molar-refractivity contribution in [2.75, 3.05) is 18.5 Å². The minimum atomic E-state index is -5.12. The second-order valence-electron chi connectivity index (χ2n) is 17.4. The number of phenolic OH excluding ortho intramolecular Hbond substituents is 2. The molecule has 20 heteroatoms. The minimum absolute atomic E-state index is 0. The van der Waals surface area contributed by atoms with Crippen molar-refractivity contribution < 1.29 is 117 Å². The summed E-state index contributed by atoms with van der Waals surface area (Å²) in [5, 5.41) is 36.0. The maximum atomic E-state index is 13.5. The predicted molar refractivity (Wildman–Crippen MR) is 258 cm³/mol. The molecule has 69 heavy (non-hydrogen) atoms. The molecule has 2 amide bonds. The Morgan fingerprint density at radius 2 is 1.39 bits per heavy atom. The zero-order valence-electron chi connectivity index (χ0n) is 42.2. The standard InChI is InChI=1S/C49H54N4O12S2.2Na.2H/c1-8-48(4,5)31-16-21-40(38(26-31)49(6,7)9-2)64-23-13-12-22-50-47(57)37-28-41(35-14-10-11-15-36(35)45(37)55)65-33-19-17-32(18-20-33)52-53-44-42(67(61,62)63)25-30-24-34(66(58,59)60)27-39(51-29(3)54)43(30)46(44)56;;;;/h10-11,14-21,24-28,55-56H,8-9,12-13,22-23H2,1-7H3,(H,50,57)(H,51,54)(H,58,59,60)(H,61,62,63);;;;/q;2*+1;2*-1. The molecule has 358 valence electrons. The van der Waals surface area contributed by atoms with Crippen molar-refractivity contribution in [3.63, 3.8) is 0 Å². The van der Waals surface area contributed by atoms with Crippen molar-refractivity contribution in [1.29, 1.82) is 0 Å². The number of carbonyl (C=O) groups is 2. The number of fused-ring (bicyclic) bond motifs is 2. The Kier molecular flexibility index (Phi) is 19.1. The molecule has 6 aromatic rings. The maximum absolute atomic E-state index is 13.5. The number of unbranched alkanes of at least 4 members (excludes halogenated alkanes) is 1. The molecule has 0 atom stereocenters. The number of azo groups is 1. The number of nitrogens with zero attached hydrogens (tertiary/aromatic N) is 2. The van der Waals surface area contributed by atoms with E-state index in [1.807, 2.05) is 0 Å². The fraction of sp³-hybridized carbons (Fsp3) is 0.306. The Hall–Kier alpha value is -4.60. The van der Waals surface area contributed by atoms with Gasteiger partial charge in [0.2, 0.25) is 5.91 Å². The van der Waals surface area contributed by atoms with Gasteiger partial charge < -0.3 is 33.2 Å². The van der Waals surface area contributed by atoms with Crippen LogP contribution in [0.2, 0.25) is 0 Å². The van der Waals surface area contributed by atoms with Crippen LogP contribution in [0.4, 0.5) is 17.1 Å². The van der Waals surface area contributed by atoms with Gasteiger partial charge in [-0.15, -0.1) is 5.11 Å². The van der Waals surface area contributed by atoms with Crippen LogP contribution < -0.4 is 79.2 Å². The fourth-order valence-corrected chi connectivity index (χ4v) is 8.50. The summed E-state index contributed by atoms with van der Waals surface area (Å²) in [5.41, 5.74) is 1.49. The van der Waals surface area contributed by atoms with Crippen molar-refractivity contribution >= 4 is 70.7 Å². The smallest absolute Gasteiger partial charge is 1.00 e. The number of benzene rings is 6. The van der Waals surface area contributed by atoms with E-state index >= 15 is 0 Å². The number of anilines is 1. The van der Waals surface area contributed by atoms with Crippen LogP contribution in [0.3, 0.4) is 0 Å². The van der Waals surface area contributed by atoms with Gasteiger partial charge in [0, 0.05) is 35.2 Å². The molecule has 0 aromatic heterocycles. The van der Waals surface area contributed by atoms with Crippen LogP contribution in [-0.2, 0) is 35.9 Å². The van der Waals surface area contributed by atoms with E-state index in [4.69, 9.17) is 9.47 Å². The Labute approximate surface area is 449 Å². The maximum Gasteiger partial charge on any atom is 1.00 e. The molecule has 0 saturated carbocycles. The summed E-state index contributed by atoms with van der Waals surface area (Å²) < 4.78 is 81.0. The summed E-state index contributed by atoms with van der Waals surface area (Å²) >= 11 is 0. The first-order chi connectivity index (χ1) is 31.4. The van der Waals surface area contributed by atoms with Crippen LogP contribution in [0.1, 0.15) is 98.5 Å². The van der Waals surface area contributed by atoms with Crippen molar-refractivity contribution in [2.45, 2.75) is 94.8 Å². The molecule has 6 aromatic carbocycles. The van der Waals surface area contributed by atoms with E-state index in [9.17, 15) is 45.7 Å². The summed E-state index contributed by atoms with van der Waals surface area (Å²) in [4.78, 5) is 23.8. The quantitative estimate of drug-likeness (QED) is 0.0279. The predicted octanol–water partition coefficient (Wildman–Crippen LogP) is 5.26. The van der Waals surface area contributed by atoms with E-state index in [2.05, 4.69) is 80.6 Å². The Balaban J connectivity index is 0.00000432. The number of phenols is 2. The molecule has 0 aliphatic carbocycles. The van der Waals surface area contributed by atoms with Crippen LogP contribution in [0.5, 0.6) is 28.7 Å². The molecule has 0 radical (unpaired) electrons. The molecule has 6 rings (SSSR count). The van der Waals surface area contributed by atoms with Crippen LogP contribution in [0.25, 0.3) is 21.5 Å². The molecule has 0 fully saturated rings. The fourth-order valence-electron chi connectivity index (χ4n) is 7.30. The average molecular weight is 1000 g/mol. The molecule has 16 nitrogen and oxygen atoms in total. The first-order valence-corrected chi connectivity index (χ1v) is 24.4. The zero-order chi connectivity index (χ0) is 49.1. The van der Waals surface area contributed by atoms with Gasteiger partial charge in [-0.05, 0) is 102 Å². The van der Waals surface area contributed by atoms with Gasteiger partial charge in [-0.25, -0.2) is 0 Å². The topological polar surface area (TPSA) is 251 Å². The second-order valence-corrected chi connectivity index (χ2v) is 20.2. The molecule has 0 saturated heterocycles.